The highest BCUT2D eigenvalue weighted by molar-refractivity contribution is 5.71. The number of carbonyl (C=O) groups is 3. The molecule has 1 N–H and O–H groups in total. The Hall–Kier alpha value is -3.27. The molecule has 0 aromatic rings. The fourth-order valence-electron chi connectivity index (χ4n) is 8.90. The number of carboxylic acids is 1. The van der Waals surface area contributed by atoms with Crippen LogP contribution in [-0.4, -0.2) is 87.4 Å². The molecule has 9 nitrogen and oxygen atoms in total. The third-order valence-electron chi connectivity index (χ3n) is 13.7. The minimum absolute atomic E-state index is 0.178. The molecular formula is C67H120NO8+. The summed E-state index contributed by atoms with van der Waals surface area (Å²) in [5.74, 6) is -1.99. The lowest BCUT2D eigenvalue weighted by atomic mass is 10.0. The second-order valence-electron chi connectivity index (χ2n) is 22.3. The van der Waals surface area contributed by atoms with E-state index in [1.165, 1.54) is 173 Å². The summed E-state index contributed by atoms with van der Waals surface area (Å²) in [7, 11) is 5.97. The van der Waals surface area contributed by atoms with Gasteiger partial charge in [0, 0.05) is 12.8 Å². The molecule has 0 amide bonds. The van der Waals surface area contributed by atoms with Gasteiger partial charge in [-0.3, -0.25) is 9.59 Å². The van der Waals surface area contributed by atoms with Gasteiger partial charge in [0.25, 0.3) is 6.29 Å². The van der Waals surface area contributed by atoms with E-state index in [0.29, 0.717) is 17.4 Å². The van der Waals surface area contributed by atoms with E-state index in [1.807, 2.05) is 21.1 Å². The van der Waals surface area contributed by atoms with Crippen molar-refractivity contribution in [2.75, 3.05) is 47.5 Å². The summed E-state index contributed by atoms with van der Waals surface area (Å²) < 4.78 is 22.8. The maximum Gasteiger partial charge on any atom is 0.361 e. The number of hydrogen-bond acceptors (Lipinski definition) is 7. The quantitative estimate of drug-likeness (QED) is 0.0211. The molecule has 0 bridgehead atoms. The molecule has 0 radical (unpaired) electrons. The van der Waals surface area contributed by atoms with E-state index in [9.17, 15) is 19.5 Å². The number of ether oxygens (including phenoxy) is 4. The average Bonchev–Trinajstić information content (AvgIpc) is 3.39. The summed E-state index contributed by atoms with van der Waals surface area (Å²) in [6.07, 6.45) is 73.1. The maximum atomic E-state index is 12.9. The topological polar surface area (TPSA) is 108 Å². The number of allylic oxidation sites excluding steroid dienone is 12. The van der Waals surface area contributed by atoms with Gasteiger partial charge in [0.2, 0.25) is 0 Å². The van der Waals surface area contributed by atoms with Gasteiger partial charge in [0.05, 0.1) is 34.4 Å². The number of carboxylic acid groups (broad SMARTS) is 1. The summed E-state index contributed by atoms with van der Waals surface area (Å²) in [4.78, 5) is 37.3. The van der Waals surface area contributed by atoms with Crippen LogP contribution >= 0.6 is 0 Å². The van der Waals surface area contributed by atoms with Crippen molar-refractivity contribution in [2.24, 2.45) is 0 Å². The van der Waals surface area contributed by atoms with Gasteiger partial charge in [-0.2, -0.15) is 0 Å². The number of likely N-dealkylation sites (N-methyl/N-ethyl adjacent to an activating group) is 1. The van der Waals surface area contributed by atoms with Crippen LogP contribution < -0.4 is 0 Å². The number of esters is 2. The summed E-state index contributed by atoms with van der Waals surface area (Å²) >= 11 is 0. The van der Waals surface area contributed by atoms with Gasteiger partial charge in [-0.25, -0.2) is 4.79 Å². The predicted molar refractivity (Wildman–Crippen MR) is 323 cm³/mol. The Morgan fingerprint density at radius 2 is 0.750 bits per heavy atom. The predicted octanol–water partition coefficient (Wildman–Crippen LogP) is 19.0. The number of unbranched alkanes of at least 4 members (excludes halogenated alkanes) is 31. The highest BCUT2D eigenvalue weighted by Gasteiger charge is 2.25. The molecule has 0 rings (SSSR count). The van der Waals surface area contributed by atoms with Gasteiger partial charge in [-0.05, 0) is 64.2 Å². The highest BCUT2D eigenvalue weighted by Crippen LogP contribution is 2.17. The van der Waals surface area contributed by atoms with Crippen LogP contribution in [0.2, 0.25) is 0 Å². The van der Waals surface area contributed by atoms with Crippen LogP contribution in [0, 0.1) is 0 Å². The van der Waals surface area contributed by atoms with Gasteiger partial charge in [0.1, 0.15) is 13.2 Å². The molecule has 0 spiro atoms. The van der Waals surface area contributed by atoms with Crippen molar-refractivity contribution in [1.82, 2.24) is 0 Å². The van der Waals surface area contributed by atoms with Crippen molar-refractivity contribution in [2.45, 2.75) is 289 Å². The Labute approximate surface area is 468 Å². The van der Waals surface area contributed by atoms with E-state index >= 15 is 0 Å². The minimum Gasteiger partial charge on any atom is -0.477 e. The molecule has 0 aromatic heterocycles. The van der Waals surface area contributed by atoms with Gasteiger partial charge in [-0.15, -0.1) is 0 Å². The lowest BCUT2D eigenvalue weighted by molar-refractivity contribution is -0.870. The normalized spacial score (nSPS) is 13.2. The van der Waals surface area contributed by atoms with Crippen molar-refractivity contribution in [3.05, 3.63) is 72.9 Å². The molecule has 2 atom stereocenters. The monoisotopic (exact) mass is 1070 g/mol. The lowest BCUT2D eigenvalue weighted by Gasteiger charge is -2.25. The Balaban J connectivity index is 3.90. The third kappa shape index (κ3) is 58.4. The van der Waals surface area contributed by atoms with Crippen LogP contribution in [0.3, 0.4) is 0 Å². The Bertz CT molecular complexity index is 1470. The summed E-state index contributed by atoms with van der Waals surface area (Å²) in [6.45, 7) is 4.77. The van der Waals surface area contributed by atoms with Crippen LogP contribution in [-0.2, 0) is 33.3 Å². The summed E-state index contributed by atoms with van der Waals surface area (Å²) in [5.41, 5.74) is 0. The molecule has 0 saturated carbocycles. The van der Waals surface area contributed by atoms with E-state index in [4.69, 9.17) is 18.9 Å². The second-order valence-corrected chi connectivity index (χ2v) is 22.3. The Morgan fingerprint density at radius 3 is 1.12 bits per heavy atom. The van der Waals surface area contributed by atoms with Gasteiger partial charge < -0.3 is 28.5 Å². The first kappa shape index (κ1) is 72.7. The number of aliphatic carboxylic acids is 1. The zero-order valence-corrected chi connectivity index (χ0v) is 50.2. The minimum atomic E-state index is -1.51. The van der Waals surface area contributed by atoms with Crippen molar-refractivity contribution in [3.8, 4) is 0 Å². The van der Waals surface area contributed by atoms with Gasteiger partial charge >= 0.3 is 17.9 Å². The third-order valence-corrected chi connectivity index (χ3v) is 13.7. The largest absolute Gasteiger partial charge is 0.477 e. The highest BCUT2D eigenvalue weighted by atomic mass is 16.7. The van der Waals surface area contributed by atoms with Crippen LogP contribution in [0.15, 0.2) is 72.9 Å². The first-order chi connectivity index (χ1) is 37.1. The Kier molecular flexibility index (Phi) is 55.4. The molecule has 0 fully saturated rings. The maximum absolute atomic E-state index is 12.9. The van der Waals surface area contributed by atoms with Crippen molar-refractivity contribution in [1.29, 1.82) is 0 Å². The number of hydrogen-bond donors (Lipinski definition) is 1. The van der Waals surface area contributed by atoms with Crippen LogP contribution in [0.5, 0.6) is 0 Å². The zero-order valence-electron chi connectivity index (χ0n) is 50.2. The standard InChI is InChI=1S/C67H119NO8/c1-6-8-10-12-14-16-18-19-20-21-22-23-24-25-26-27-28-29-30-31-32-33-34-35-36-37-38-39-40-41-42-43-44-45-46-47-48-50-52-54-56-58-65(70)76-63(62-75-67(66(71)72)73-60-59-68(3,4)5)61-74-64(69)57-55-53-51-49-17-15-13-11-9-7-2/h8,10,14,16,19-20,22-23,25-26,28-29,63,67H,6-7,9,11-13,15,17-18,21,24,27,30-62H2,1-5H3/p+1/b10-8-,16-14-,20-19-,23-22-,26-25-,29-28-. The first-order valence-electron chi connectivity index (χ1n) is 31.6. The van der Waals surface area contributed by atoms with Crippen molar-refractivity contribution < 1.29 is 42.9 Å². The SMILES string of the molecule is CC/C=C\C/C=C\C/C=C\C/C=C\C/C=C\C/C=C\CCCCCCCCCCCCCCCCCCCCCCCCC(=O)OC(COC(=O)CCCCCCCCCCCC)COC(OCC[N+](C)(C)C)C(=O)O. The lowest BCUT2D eigenvalue weighted by Crippen LogP contribution is -2.40. The van der Waals surface area contributed by atoms with Gasteiger partial charge in [-0.1, -0.05) is 273 Å². The van der Waals surface area contributed by atoms with E-state index in [2.05, 4.69) is 86.8 Å². The molecule has 0 aromatic carbocycles. The van der Waals surface area contributed by atoms with E-state index < -0.39 is 24.3 Å². The number of carbonyl (C=O) groups excluding carboxylic acids is 2. The van der Waals surface area contributed by atoms with Crippen molar-refractivity contribution in [3.63, 3.8) is 0 Å². The van der Waals surface area contributed by atoms with E-state index in [-0.39, 0.29) is 32.2 Å². The summed E-state index contributed by atoms with van der Waals surface area (Å²) in [6, 6.07) is 0. The van der Waals surface area contributed by atoms with Crippen molar-refractivity contribution >= 4 is 17.9 Å². The fourth-order valence-corrected chi connectivity index (χ4v) is 8.90. The van der Waals surface area contributed by atoms with Crippen LogP contribution in [0.4, 0.5) is 0 Å². The molecule has 440 valence electrons. The van der Waals surface area contributed by atoms with E-state index in [1.54, 1.807) is 0 Å². The molecule has 9 heteroatoms. The molecule has 76 heavy (non-hydrogen) atoms. The van der Waals surface area contributed by atoms with E-state index in [0.717, 1.165) is 77.0 Å². The first-order valence-corrected chi connectivity index (χ1v) is 31.6. The smallest absolute Gasteiger partial charge is 0.361 e. The zero-order chi connectivity index (χ0) is 55.5. The number of quaternary nitrogens is 1. The number of nitrogens with zero attached hydrogens (tertiary/aromatic N) is 1. The molecule has 0 aliphatic carbocycles. The second kappa shape index (κ2) is 57.9. The Morgan fingerprint density at radius 1 is 0.408 bits per heavy atom. The van der Waals surface area contributed by atoms with Crippen LogP contribution in [0.1, 0.15) is 277 Å². The number of rotatable bonds is 58. The molecule has 0 heterocycles. The van der Waals surface area contributed by atoms with Gasteiger partial charge in [0.15, 0.2) is 6.10 Å². The summed E-state index contributed by atoms with van der Waals surface area (Å²) in [5, 5.41) is 9.68. The molecular weight excluding hydrogens is 947 g/mol. The fraction of sp³-hybridized carbons (Fsp3) is 0.776. The molecule has 0 aliphatic rings. The average molecular weight is 1070 g/mol. The molecule has 0 saturated heterocycles. The molecule has 2 unspecified atom stereocenters. The molecule has 0 aliphatic heterocycles. The van der Waals surface area contributed by atoms with Crippen LogP contribution in [0.25, 0.3) is 0 Å².